The summed E-state index contributed by atoms with van der Waals surface area (Å²) in [6.45, 7) is 2.87. The van der Waals surface area contributed by atoms with Crippen molar-refractivity contribution in [1.29, 1.82) is 0 Å². The lowest BCUT2D eigenvalue weighted by Gasteiger charge is -2.32. The minimum absolute atomic E-state index is 0.121. The van der Waals surface area contributed by atoms with Gasteiger partial charge in [0, 0.05) is 25.1 Å². The van der Waals surface area contributed by atoms with Crippen LogP contribution in [-0.2, 0) is 17.8 Å². The molecule has 1 saturated heterocycles. The Morgan fingerprint density at radius 1 is 1.12 bits per heavy atom. The van der Waals surface area contributed by atoms with Crippen LogP contribution >= 0.6 is 0 Å². The van der Waals surface area contributed by atoms with Crippen LogP contribution in [0.25, 0.3) is 0 Å². The molecule has 0 unspecified atom stereocenters. The number of nitrogens with zero attached hydrogens (tertiary/aromatic N) is 1. The first-order valence-electron chi connectivity index (χ1n) is 9.00. The lowest BCUT2D eigenvalue weighted by Crippen LogP contribution is -2.40. The highest BCUT2D eigenvalue weighted by molar-refractivity contribution is 5.94. The number of piperidine rings is 1. The largest absolute Gasteiger partial charge is 0.493 e. The first-order chi connectivity index (χ1) is 12.3. The van der Waals surface area contributed by atoms with Crippen LogP contribution in [0, 0.1) is 0 Å². The first-order valence-corrected chi connectivity index (χ1v) is 9.00. The summed E-state index contributed by atoms with van der Waals surface area (Å²) in [5.41, 5.74) is 3.11. The van der Waals surface area contributed by atoms with Crippen molar-refractivity contribution < 1.29 is 14.3 Å². The molecule has 1 amide bonds. The molecule has 0 bridgehead atoms. The maximum Gasteiger partial charge on any atom is 0.253 e. The fourth-order valence-electron chi connectivity index (χ4n) is 3.52. The van der Waals surface area contributed by atoms with E-state index in [-0.39, 0.29) is 12.0 Å². The third-order valence-corrected chi connectivity index (χ3v) is 4.99. The zero-order chi connectivity index (χ0) is 17.1. The maximum absolute atomic E-state index is 12.7. The minimum Gasteiger partial charge on any atom is -0.493 e. The topological polar surface area (TPSA) is 38.8 Å². The molecule has 0 aromatic heterocycles. The molecule has 0 atom stereocenters. The Kier molecular flexibility index (Phi) is 4.70. The smallest absolute Gasteiger partial charge is 0.253 e. The zero-order valence-electron chi connectivity index (χ0n) is 14.3. The number of fused-ring (bicyclic) bond motifs is 1. The highest BCUT2D eigenvalue weighted by Gasteiger charge is 2.25. The number of hydrogen-bond donors (Lipinski definition) is 0. The van der Waals surface area contributed by atoms with Gasteiger partial charge in [0.15, 0.2) is 0 Å². The van der Waals surface area contributed by atoms with Gasteiger partial charge in [0.1, 0.15) is 5.75 Å². The van der Waals surface area contributed by atoms with Gasteiger partial charge < -0.3 is 14.4 Å². The fourth-order valence-corrected chi connectivity index (χ4v) is 3.52. The van der Waals surface area contributed by atoms with Crippen LogP contribution in [-0.4, -0.2) is 36.6 Å². The fraction of sp³-hybridized carbons (Fsp3) is 0.381. The van der Waals surface area contributed by atoms with Crippen molar-refractivity contribution in [3.05, 3.63) is 65.2 Å². The van der Waals surface area contributed by atoms with E-state index in [0.29, 0.717) is 6.61 Å². The van der Waals surface area contributed by atoms with Crippen LogP contribution in [0.2, 0.25) is 0 Å². The second-order valence-electron chi connectivity index (χ2n) is 6.71. The van der Waals surface area contributed by atoms with Gasteiger partial charge in [0.2, 0.25) is 0 Å². The van der Waals surface area contributed by atoms with Gasteiger partial charge in [-0.3, -0.25) is 4.79 Å². The molecule has 0 saturated carbocycles. The Morgan fingerprint density at radius 2 is 1.92 bits per heavy atom. The van der Waals surface area contributed by atoms with E-state index in [1.807, 2.05) is 41.3 Å². The van der Waals surface area contributed by atoms with Crippen molar-refractivity contribution in [3.8, 4) is 5.75 Å². The summed E-state index contributed by atoms with van der Waals surface area (Å²) >= 11 is 0. The Morgan fingerprint density at radius 3 is 2.72 bits per heavy atom. The predicted molar refractivity (Wildman–Crippen MR) is 95.8 cm³/mol. The third-order valence-electron chi connectivity index (χ3n) is 4.99. The summed E-state index contributed by atoms with van der Waals surface area (Å²) < 4.78 is 11.5. The molecule has 0 spiro atoms. The lowest BCUT2D eigenvalue weighted by molar-refractivity contribution is -0.000380. The molecule has 0 radical (unpaired) electrons. The number of benzene rings is 2. The summed E-state index contributed by atoms with van der Waals surface area (Å²) in [5.74, 6) is 1.04. The molecule has 2 heterocycles. The number of carbonyl (C=O) groups is 1. The molecule has 1 fully saturated rings. The van der Waals surface area contributed by atoms with E-state index in [4.69, 9.17) is 9.47 Å². The standard InChI is InChI=1S/C21H23NO3/c23-21(18-6-7-20-17(14-18)10-13-24-20)22-11-8-19(9-12-22)25-15-16-4-2-1-3-5-16/h1-7,14,19H,8-13,15H2. The quantitative estimate of drug-likeness (QED) is 0.858. The Bertz CT molecular complexity index is 736. The SMILES string of the molecule is O=C(c1ccc2c(c1)CCO2)N1CCC(OCc2ccccc2)CC1. The molecule has 2 aromatic carbocycles. The molecule has 0 aliphatic carbocycles. The molecule has 4 heteroatoms. The summed E-state index contributed by atoms with van der Waals surface area (Å²) in [6, 6.07) is 16.0. The first kappa shape index (κ1) is 16.2. The number of amides is 1. The van der Waals surface area contributed by atoms with E-state index in [9.17, 15) is 4.79 Å². The molecule has 0 N–H and O–H groups in total. The summed E-state index contributed by atoms with van der Waals surface area (Å²) in [6.07, 6.45) is 2.92. The maximum atomic E-state index is 12.7. The molecular formula is C21H23NO3. The molecule has 4 nitrogen and oxygen atoms in total. The normalized spacial score (nSPS) is 17.2. The number of ether oxygens (including phenoxy) is 2. The van der Waals surface area contributed by atoms with E-state index in [1.165, 1.54) is 5.56 Å². The number of carbonyl (C=O) groups excluding carboxylic acids is 1. The van der Waals surface area contributed by atoms with Gasteiger partial charge in [0.25, 0.3) is 5.91 Å². The van der Waals surface area contributed by atoms with Gasteiger partial charge >= 0.3 is 0 Å². The van der Waals surface area contributed by atoms with Crippen LogP contribution in [0.15, 0.2) is 48.5 Å². The Balaban J connectivity index is 1.30. The summed E-state index contributed by atoms with van der Waals surface area (Å²) in [5, 5.41) is 0. The van der Waals surface area contributed by atoms with E-state index in [0.717, 1.165) is 55.8 Å². The van der Waals surface area contributed by atoms with Crippen molar-refractivity contribution in [2.24, 2.45) is 0 Å². The van der Waals surface area contributed by atoms with Crippen molar-refractivity contribution >= 4 is 5.91 Å². The molecule has 2 aliphatic rings. The lowest BCUT2D eigenvalue weighted by atomic mass is 10.0. The molecule has 2 aromatic rings. The molecule has 25 heavy (non-hydrogen) atoms. The highest BCUT2D eigenvalue weighted by Crippen LogP contribution is 2.27. The highest BCUT2D eigenvalue weighted by atomic mass is 16.5. The van der Waals surface area contributed by atoms with Crippen LogP contribution in [0.3, 0.4) is 0 Å². The zero-order valence-corrected chi connectivity index (χ0v) is 14.3. The van der Waals surface area contributed by atoms with E-state index in [2.05, 4.69) is 12.1 Å². The van der Waals surface area contributed by atoms with Gasteiger partial charge in [-0.2, -0.15) is 0 Å². The Hall–Kier alpha value is -2.33. The Labute approximate surface area is 148 Å². The average molecular weight is 337 g/mol. The summed E-state index contributed by atoms with van der Waals surface area (Å²) in [4.78, 5) is 14.7. The van der Waals surface area contributed by atoms with Crippen LogP contribution in [0.1, 0.15) is 34.3 Å². The average Bonchev–Trinajstić information content (AvgIpc) is 3.15. The molecule has 130 valence electrons. The number of hydrogen-bond acceptors (Lipinski definition) is 3. The van der Waals surface area contributed by atoms with Gasteiger partial charge in [-0.05, 0) is 42.2 Å². The van der Waals surface area contributed by atoms with Crippen LogP contribution < -0.4 is 4.74 Å². The van der Waals surface area contributed by atoms with Crippen LogP contribution in [0.4, 0.5) is 0 Å². The summed E-state index contributed by atoms with van der Waals surface area (Å²) in [7, 11) is 0. The molecule has 2 aliphatic heterocycles. The molecular weight excluding hydrogens is 314 g/mol. The third kappa shape index (κ3) is 3.69. The van der Waals surface area contributed by atoms with Gasteiger partial charge in [-0.25, -0.2) is 0 Å². The number of likely N-dealkylation sites (tertiary alicyclic amines) is 1. The van der Waals surface area contributed by atoms with Crippen molar-refractivity contribution in [2.75, 3.05) is 19.7 Å². The number of rotatable bonds is 4. The van der Waals surface area contributed by atoms with Gasteiger partial charge in [-0.1, -0.05) is 30.3 Å². The van der Waals surface area contributed by atoms with Gasteiger partial charge in [0.05, 0.1) is 19.3 Å². The minimum atomic E-state index is 0.121. The van der Waals surface area contributed by atoms with E-state index in [1.54, 1.807) is 0 Å². The van der Waals surface area contributed by atoms with E-state index >= 15 is 0 Å². The van der Waals surface area contributed by atoms with Gasteiger partial charge in [-0.15, -0.1) is 0 Å². The second-order valence-corrected chi connectivity index (χ2v) is 6.71. The predicted octanol–water partition coefficient (Wildman–Crippen LogP) is 3.44. The van der Waals surface area contributed by atoms with Crippen molar-refractivity contribution in [1.82, 2.24) is 4.90 Å². The van der Waals surface area contributed by atoms with Crippen molar-refractivity contribution in [2.45, 2.75) is 32.0 Å². The molecule has 4 rings (SSSR count). The second kappa shape index (κ2) is 7.28. The monoisotopic (exact) mass is 337 g/mol. The van der Waals surface area contributed by atoms with E-state index < -0.39 is 0 Å². The van der Waals surface area contributed by atoms with Crippen molar-refractivity contribution in [3.63, 3.8) is 0 Å². The van der Waals surface area contributed by atoms with Crippen LogP contribution in [0.5, 0.6) is 5.75 Å².